The van der Waals surface area contributed by atoms with Gasteiger partial charge in [0, 0.05) is 18.0 Å². The van der Waals surface area contributed by atoms with Crippen molar-refractivity contribution in [3.8, 4) is 11.1 Å². The monoisotopic (exact) mass is 478 g/mol. The van der Waals surface area contributed by atoms with Gasteiger partial charge in [0.15, 0.2) is 0 Å². The van der Waals surface area contributed by atoms with Crippen LogP contribution in [0.5, 0.6) is 0 Å². The van der Waals surface area contributed by atoms with Gasteiger partial charge in [-0.2, -0.15) is 0 Å². The Kier molecular flexibility index (Phi) is 7.73. The first-order valence-corrected chi connectivity index (χ1v) is 12.5. The molecule has 0 bridgehead atoms. The Bertz CT molecular complexity index is 1040. The molecule has 1 saturated carbocycles. The number of carboxylic acids is 1. The van der Waals surface area contributed by atoms with Gasteiger partial charge in [-0.05, 0) is 48.4 Å². The van der Waals surface area contributed by atoms with E-state index in [-0.39, 0.29) is 37.1 Å². The van der Waals surface area contributed by atoms with E-state index >= 15 is 0 Å². The number of hydrogen-bond donors (Lipinski definition) is 2. The third-order valence-corrected chi connectivity index (χ3v) is 7.44. The fraction of sp³-hybridized carbons (Fsp3) is 0.464. The van der Waals surface area contributed by atoms with Gasteiger partial charge in [-0.15, -0.1) is 0 Å². The van der Waals surface area contributed by atoms with E-state index in [2.05, 4.69) is 29.6 Å². The number of rotatable bonds is 8. The molecular weight excluding hydrogens is 444 g/mol. The van der Waals surface area contributed by atoms with Crippen molar-refractivity contribution >= 4 is 18.0 Å². The minimum absolute atomic E-state index is 0.0339. The summed E-state index contributed by atoms with van der Waals surface area (Å²) in [6.45, 7) is 3.67. The molecule has 0 spiro atoms. The summed E-state index contributed by atoms with van der Waals surface area (Å²) in [5.74, 6) is -1.72. The summed E-state index contributed by atoms with van der Waals surface area (Å²) in [6, 6.07) is 15.8. The maximum absolute atomic E-state index is 13.3. The lowest BCUT2D eigenvalue weighted by atomic mass is 9.83. The molecule has 0 aromatic heterocycles. The molecule has 0 aliphatic heterocycles. The van der Waals surface area contributed by atoms with Gasteiger partial charge in [0.05, 0.1) is 5.92 Å². The van der Waals surface area contributed by atoms with Crippen molar-refractivity contribution in [2.24, 2.45) is 5.92 Å². The maximum atomic E-state index is 13.3. The molecule has 7 heteroatoms. The lowest BCUT2D eigenvalue weighted by molar-refractivity contribution is -0.149. The van der Waals surface area contributed by atoms with Crippen molar-refractivity contribution in [2.45, 2.75) is 64.0 Å². The number of ether oxygens (including phenoxy) is 1. The summed E-state index contributed by atoms with van der Waals surface area (Å²) in [4.78, 5) is 39.0. The number of carboxylic acid groups (broad SMARTS) is 1. The van der Waals surface area contributed by atoms with Crippen LogP contribution < -0.4 is 5.32 Å². The van der Waals surface area contributed by atoms with Gasteiger partial charge in [0.25, 0.3) is 0 Å². The van der Waals surface area contributed by atoms with Crippen LogP contribution in [0.3, 0.4) is 0 Å². The Morgan fingerprint density at radius 1 is 1.03 bits per heavy atom. The fourth-order valence-electron chi connectivity index (χ4n) is 5.42. The molecule has 2 aliphatic rings. The highest BCUT2D eigenvalue weighted by molar-refractivity contribution is 5.84. The van der Waals surface area contributed by atoms with Gasteiger partial charge in [-0.3, -0.25) is 9.59 Å². The second-order valence-electron chi connectivity index (χ2n) is 9.58. The number of amides is 2. The zero-order valence-electron chi connectivity index (χ0n) is 20.4. The number of nitrogens with zero attached hydrogens (tertiary/aromatic N) is 1. The van der Waals surface area contributed by atoms with Gasteiger partial charge >= 0.3 is 12.1 Å². The quantitative estimate of drug-likeness (QED) is 0.568. The molecular formula is C28H34N2O5. The summed E-state index contributed by atoms with van der Waals surface area (Å²) in [6.07, 6.45) is 3.20. The van der Waals surface area contributed by atoms with Crippen molar-refractivity contribution in [3.05, 3.63) is 59.7 Å². The second-order valence-corrected chi connectivity index (χ2v) is 9.58. The molecule has 2 N–H and O–H groups in total. The lowest BCUT2D eigenvalue weighted by Gasteiger charge is -2.36. The minimum Gasteiger partial charge on any atom is -0.480 e. The number of nitrogens with one attached hydrogen (secondary N) is 1. The Morgan fingerprint density at radius 3 is 2.23 bits per heavy atom. The zero-order chi connectivity index (χ0) is 24.9. The first kappa shape index (κ1) is 24.8. The molecule has 1 fully saturated rings. The number of benzene rings is 2. The number of aliphatic carboxylic acids is 1. The van der Waals surface area contributed by atoms with Crippen molar-refractivity contribution in [2.75, 3.05) is 13.2 Å². The highest BCUT2D eigenvalue weighted by Crippen LogP contribution is 2.44. The van der Waals surface area contributed by atoms with Crippen LogP contribution in [0.25, 0.3) is 11.1 Å². The molecule has 0 saturated heterocycles. The van der Waals surface area contributed by atoms with Gasteiger partial charge in [0.1, 0.15) is 13.2 Å². The molecule has 0 heterocycles. The molecule has 3 unspecified atom stereocenters. The molecule has 4 rings (SSSR count). The SMILES string of the molecule is CCC(C)N(CC(=O)O)C(=O)C1CCCCC1NC(=O)OCC1c2ccccc2-c2ccccc21. The van der Waals surface area contributed by atoms with Crippen molar-refractivity contribution < 1.29 is 24.2 Å². The molecule has 186 valence electrons. The number of hydrogen-bond acceptors (Lipinski definition) is 4. The number of carbonyl (C=O) groups is 3. The predicted octanol–water partition coefficient (Wildman–Crippen LogP) is 4.80. The molecule has 3 atom stereocenters. The van der Waals surface area contributed by atoms with E-state index in [1.54, 1.807) is 0 Å². The van der Waals surface area contributed by atoms with Crippen molar-refractivity contribution in [3.63, 3.8) is 0 Å². The van der Waals surface area contributed by atoms with E-state index < -0.39 is 18.0 Å². The lowest BCUT2D eigenvalue weighted by Crippen LogP contribution is -2.52. The number of fused-ring (bicyclic) bond motifs is 3. The van der Waals surface area contributed by atoms with Crippen LogP contribution in [0.4, 0.5) is 4.79 Å². The molecule has 0 radical (unpaired) electrons. The summed E-state index contributed by atoms with van der Waals surface area (Å²) < 4.78 is 5.70. The third kappa shape index (κ3) is 5.34. The van der Waals surface area contributed by atoms with E-state index in [1.165, 1.54) is 16.0 Å². The molecule has 2 amide bonds. The van der Waals surface area contributed by atoms with E-state index in [0.717, 1.165) is 24.0 Å². The van der Waals surface area contributed by atoms with Crippen LogP contribution in [0.1, 0.15) is 63.0 Å². The van der Waals surface area contributed by atoms with E-state index in [9.17, 15) is 19.5 Å². The molecule has 35 heavy (non-hydrogen) atoms. The zero-order valence-corrected chi connectivity index (χ0v) is 20.4. The van der Waals surface area contributed by atoms with E-state index in [4.69, 9.17) is 4.74 Å². The van der Waals surface area contributed by atoms with Crippen LogP contribution >= 0.6 is 0 Å². The predicted molar refractivity (Wildman–Crippen MR) is 133 cm³/mol. The van der Waals surface area contributed by atoms with Gasteiger partial charge in [0.2, 0.25) is 5.91 Å². The van der Waals surface area contributed by atoms with Crippen LogP contribution in [0.2, 0.25) is 0 Å². The van der Waals surface area contributed by atoms with Crippen LogP contribution in [0, 0.1) is 5.92 Å². The normalized spacial score (nSPS) is 19.8. The third-order valence-electron chi connectivity index (χ3n) is 7.44. The first-order chi connectivity index (χ1) is 16.9. The second kappa shape index (κ2) is 10.9. The molecule has 7 nitrogen and oxygen atoms in total. The summed E-state index contributed by atoms with van der Waals surface area (Å²) in [5.41, 5.74) is 4.62. The topological polar surface area (TPSA) is 95.9 Å². The average molecular weight is 479 g/mol. The van der Waals surface area contributed by atoms with Crippen molar-refractivity contribution in [1.82, 2.24) is 10.2 Å². The van der Waals surface area contributed by atoms with Gasteiger partial charge < -0.3 is 20.1 Å². The van der Waals surface area contributed by atoms with Gasteiger partial charge in [-0.25, -0.2) is 4.79 Å². The maximum Gasteiger partial charge on any atom is 0.407 e. The molecule has 2 aliphatic carbocycles. The largest absolute Gasteiger partial charge is 0.480 e. The summed E-state index contributed by atoms with van der Waals surface area (Å²) in [7, 11) is 0. The summed E-state index contributed by atoms with van der Waals surface area (Å²) >= 11 is 0. The standard InChI is InChI=1S/C28H34N2O5/c1-3-18(2)30(16-26(31)32)27(33)23-14-8-9-15-25(23)29-28(34)35-17-24-21-12-6-4-10-19(21)20-11-5-7-13-22(20)24/h4-7,10-13,18,23-25H,3,8-9,14-17H2,1-2H3,(H,29,34)(H,31,32). The van der Waals surface area contributed by atoms with Crippen LogP contribution in [-0.2, 0) is 14.3 Å². The first-order valence-electron chi connectivity index (χ1n) is 12.5. The Balaban J connectivity index is 1.42. The Morgan fingerprint density at radius 2 is 1.63 bits per heavy atom. The van der Waals surface area contributed by atoms with Crippen LogP contribution in [0.15, 0.2) is 48.5 Å². The fourth-order valence-corrected chi connectivity index (χ4v) is 5.42. The number of alkyl carbamates (subject to hydrolysis) is 1. The average Bonchev–Trinajstić information content (AvgIpc) is 3.19. The Hall–Kier alpha value is -3.35. The van der Waals surface area contributed by atoms with E-state index in [1.807, 2.05) is 38.1 Å². The van der Waals surface area contributed by atoms with Gasteiger partial charge in [-0.1, -0.05) is 68.3 Å². The highest BCUT2D eigenvalue weighted by atomic mass is 16.5. The van der Waals surface area contributed by atoms with Crippen LogP contribution in [-0.4, -0.2) is 53.2 Å². The smallest absolute Gasteiger partial charge is 0.407 e. The Labute approximate surface area is 206 Å². The van der Waals surface area contributed by atoms with Crippen molar-refractivity contribution in [1.29, 1.82) is 0 Å². The minimum atomic E-state index is -1.03. The molecule has 2 aromatic carbocycles. The van der Waals surface area contributed by atoms with E-state index in [0.29, 0.717) is 19.3 Å². The number of carbonyl (C=O) groups excluding carboxylic acids is 2. The molecule has 2 aromatic rings. The summed E-state index contributed by atoms with van der Waals surface area (Å²) in [5, 5.41) is 12.2. The highest BCUT2D eigenvalue weighted by Gasteiger charge is 2.37.